The molecule has 1 aliphatic carbocycles. The van der Waals surface area contributed by atoms with Crippen molar-refractivity contribution in [1.82, 2.24) is 5.32 Å². The third-order valence-corrected chi connectivity index (χ3v) is 5.22. The fraction of sp³-hybridized carbons (Fsp3) is 1.00. The van der Waals surface area contributed by atoms with Crippen molar-refractivity contribution in [3.63, 3.8) is 0 Å². The van der Waals surface area contributed by atoms with E-state index in [1.807, 2.05) is 0 Å². The summed E-state index contributed by atoms with van der Waals surface area (Å²) < 4.78 is 6.04. The Hall–Kier alpha value is -0.0800. The van der Waals surface area contributed by atoms with Gasteiger partial charge >= 0.3 is 0 Å². The van der Waals surface area contributed by atoms with E-state index in [2.05, 4.69) is 33.0 Å². The van der Waals surface area contributed by atoms with Gasteiger partial charge in [-0.3, -0.25) is 0 Å². The van der Waals surface area contributed by atoms with Crippen LogP contribution < -0.4 is 5.32 Å². The van der Waals surface area contributed by atoms with Crippen molar-refractivity contribution >= 4 is 0 Å². The molecule has 2 unspecified atom stereocenters. The molecule has 2 atom stereocenters. The summed E-state index contributed by atoms with van der Waals surface area (Å²) in [7, 11) is 0. The molecule has 0 bridgehead atoms. The first-order chi connectivity index (χ1) is 8.95. The standard InChI is InChI=1S/C17H33NO/c1-5-18-15(16(2,3)4)8-7-14-9-12-19-17(13-14)10-6-11-17/h14-15,18H,5-13H2,1-4H3. The average molecular weight is 267 g/mol. The molecule has 0 aromatic carbocycles. The number of hydrogen-bond donors (Lipinski definition) is 1. The predicted octanol–water partition coefficient (Wildman–Crippen LogP) is 4.14. The first-order valence-corrected chi connectivity index (χ1v) is 8.32. The van der Waals surface area contributed by atoms with E-state index in [1.54, 1.807) is 0 Å². The first-order valence-electron chi connectivity index (χ1n) is 8.32. The Bertz CT molecular complexity index is 277. The molecule has 1 N–H and O–H groups in total. The van der Waals surface area contributed by atoms with Crippen LogP contribution in [0, 0.1) is 11.3 Å². The minimum atomic E-state index is 0.318. The van der Waals surface area contributed by atoms with E-state index in [-0.39, 0.29) is 0 Å². The van der Waals surface area contributed by atoms with E-state index in [4.69, 9.17) is 4.74 Å². The van der Waals surface area contributed by atoms with Crippen LogP contribution in [0.25, 0.3) is 0 Å². The molecular weight excluding hydrogens is 234 g/mol. The maximum Gasteiger partial charge on any atom is 0.0685 e. The Balaban J connectivity index is 1.80. The van der Waals surface area contributed by atoms with Crippen LogP contribution in [0.5, 0.6) is 0 Å². The monoisotopic (exact) mass is 267 g/mol. The third kappa shape index (κ3) is 3.95. The Morgan fingerprint density at radius 1 is 1.32 bits per heavy atom. The normalized spacial score (nSPS) is 28.1. The topological polar surface area (TPSA) is 21.3 Å². The van der Waals surface area contributed by atoms with E-state index in [0.717, 1.165) is 19.1 Å². The molecule has 0 radical (unpaired) electrons. The zero-order chi connectivity index (χ0) is 13.9. The highest BCUT2D eigenvalue weighted by molar-refractivity contribution is 4.94. The van der Waals surface area contributed by atoms with Crippen LogP contribution in [0.4, 0.5) is 0 Å². The number of ether oxygens (including phenoxy) is 1. The summed E-state index contributed by atoms with van der Waals surface area (Å²) in [6, 6.07) is 0.651. The third-order valence-electron chi connectivity index (χ3n) is 5.22. The van der Waals surface area contributed by atoms with Crippen molar-refractivity contribution in [2.75, 3.05) is 13.2 Å². The van der Waals surface area contributed by atoms with Crippen molar-refractivity contribution in [3.05, 3.63) is 0 Å². The van der Waals surface area contributed by atoms with Crippen LogP contribution in [0.3, 0.4) is 0 Å². The maximum absolute atomic E-state index is 6.04. The van der Waals surface area contributed by atoms with E-state index in [9.17, 15) is 0 Å². The summed E-state index contributed by atoms with van der Waals surface area (Å²) in [5.41, 5.74) is 0.688. The van der Waals surface area contributed by atoms with Crippen LogP contribution in [-0.4, -0.2) is 24.8 Å². The molecule has 0 amide bonds. The molecule has 1 saturated heterocycles. The molecule has 2 aliphatic rings. The van der Waals surface area contributed by atoms with E-state index in [1.165, 1.54) is 44.9 Å². The van der Waals surface area contributed by atoms with Crippen molar-refractivity contribution in [3.8, 4) is 0 Å². The highest BCUT2D eigenvalue weighted by Gasteiger charge is 2.42. The Labute approximate surface area is 119 Å². The molecule has 112 valence electrons. The highest BCUT2D eigenvalue weighted by Crippen LogP contribution is 2.45. The summed E-state index contributed by atoms with van der Waals surface area (Å²) in [5.74, 6) is 0.901. The van der Waals surface area contributed by atoms with Crippen molar-refractivity contribution < 1.29 is 4.74 Å². The summed E-state index contributed by atoms with van der Waals surface area (Å²) in [6.45, 7) is 11.4. The SMILES string of the molecule is CCNC(CCC1CCOC2(CCC2)C1)C(C)(C)C. The predicted molar refractivity (Wildman–Crippen MR) is 81.4 cm³/mol. The van der Waals surface area contributed by atoms with Gasteiger partial charge in [0, 0.05) is 12.6 Å². The quantitative estimate of drug-likeness (QED) is 0.808. The number of rotatable bonds is 5. The second-order valence-electron chi connectivity index (χ2n) is 7.80. The number of hydrogen-bond acceptors (Lipinski definition) is 2. The largest absolute Gasteiger partial charge is 0.375 e. The van der Waals surface area contributed by atoms with Crippen LogP contribution in [0.1, 0.15) is 72.6 Å². The lowest BCUT2D eigenvalue weighted by Crippen LogP contribution is -2.46. The zero-order valence-electron chi connectivity index (χ0n) is 13.4. The zero-order valence-corrected chi connectivity index (χ0v) is 13.4. The van der Waals surface area contributed by atoms with Gasteiger partial charge in [0.25, 0.3) is 0 Å². The molecule has 1 saturated carbocycles. The minimum absolute atomic E-state index is 0.318. The molecule has 2 nitrogen and oxygen atoms in total. The lowest BCUT2D eigenvalue weighted by molar-refractivity contribution is -0.144. The van der Waals surface area contributed by atoms with Gasteiger partial charge in [0.15, 0.2) is 0 Å². The molecular formula is C17H33NO. The Kier molecular flexibility index (Phi) is 4.94. The molecule has 1 spiro atoms. The van der Waals surface area contributed by atoms with Crippen LogP contribution >= 0.6 is 0 Å². The van der Waals surface area contributed by atoms with Crippen LogP contribution in [-0.2, 0) is 4.74 Å². The van der Waals surface area contributed by atoms with Gasteiger partial charge in [-0.05, 0) is 62.8 Å². The molecule has 2 fully saturated rings. The number of nitrogens with one attached hydrogen (secondary N) is 1. The van der Waals surface area contributed by atoms with Crippen molar-refractivity contribution in [1.29, 1.82) is 0 Å². The van der Waals surface area contributed by atoms with Crippen molar-refractivity contribution in [2.24, 2.45) is 11.3 Å². The van der Waals surface area contributed by atoms with Crippen molar-refractivity contribution in [2.45, 2.75) is 84.3 Å². The maximum atomic E-state index is 6.04. The summed E-state index contributed by atoms with van der Waals surface area (Å²) in [4.78, 5) is 0. The smallest absolute Gasteiger partial charge is 0.0685 e. The van der Waals surface area contributed by atoms with E-state index < -0.39 is 0 Å². The molecule has 0 aromatic heterocycles. The molecule has 2 heteroatoms. The van der Waals surface area contributed by atoms with Crippen LogP contribution in [0.2, 0.25) is 0 Å². The summed E-state index contributed by atoms with van der Waals surface area (Å²) in [6.07, 6.45) is 9.33. The molecule has 2 rings (SSSR count). The minimum Gasteiger partial charge on any atom is -0.375 e. The fourth-order valence-corrected chi connectivity index (χ4v) is 3.79. The van der Waals surface area contributed by atoms with Gasteiger partial charge < -0.3 is 10.1 Å². The molecule has 1 aliphatic heterocycles. The van der Waals surface area contributed by atoms with Gasteiger partial charge in [0.05, 0.1) is 5.60 Å². The lowest BCUT2D eigenvalue weighted by atomic mass is 9.70. The molecule has 0 aromatic rings. The second kappa shape index (κ2) is 6.13. The first kappa shape index (κ1) is 15.3. The lowest BCUT2D eigenvalue weighted by Gasteiger charge is -2.47. The fourth-order valence-electron chi connectivity index (χ4n) is 3.79. The Morgan fingerprint density at radius 2 is 2.05 bits per heavy atom. The van der Waals surface area contributed by atoms with Gasteiger partial charge in [0.1, 0.15) is 0 Å². The second-order valence-corrected chi connectivity index (χ2v) is 7.80. The van der Waals surface area contributed by atoms with Gasteiger partial charge in [-0.15, -0.1) is 0 Å². The van der Waals surface area contributed by atoms with E-state index >= 15 is 0 Å². The molecule has 19 heavy (non-hydrogen) atoms. The highest BCUT2D eigenvalue weighted by atomic mass is 16.5. The van der Waals surface area contributed by atoms with Gasteiger partial charge in [0.2, 0.25) is 0 Å². The average Bonchev–Trinajstić information content (AvgIpc) is 2.31. The van der Waals surface area contributed by atoms with Gasteiger partial charge in [-0.2, -0.15) is 0 Å². The van der Waals surface area contributed by atoms with E-state index in [0.29, 0.717) is 17.1 Å². The molecule has 1 heterocycles. The summed E-state index contributed by atoms with van der Waals surface area (Å²) in [5, 5.41) is 3.68. The summed E-state index contributed by atoms with van der Waals surface area (Å²) >= 11 is 0. The van der Waals surface area contributed by atoms with Crippen LogP contribution in [0.15, 0.2) is 0 Å². The van der Waals surface area contributed by atoms with Gasteiger partial charge in [-0.1, -0.05) is 27.7 Å². The Morgan fingerprint density at radius 3 is 2.58 bits per heavy atom. The van der Waals surface area contributed by atoms with Gasteiger partial charge in [-0.25, -0.2) is 0 Å².